The van der Waals surface area contributed by atoms with Crippen LogP contribution in [0.25, 0.3) is 10.2 Å². The molecule has 1 saturated heterocycles. The molecule has 1 saturated carbocycles. The fraction of sp³-hybridized carbons (Fsp3) is 0.708. The molecule has 10 heteroatoms. The van der Waals surface area contributed by atoms with Gasteiger partial charge in [-0.2, -0.15) is 4.31 Å². The molecule has 8 nitrogen and oxygen atoms in total. The summed E-state index contributed by atoms with van der Waals surface area (Å²) in [6.07, 6.45) is 5.51. The summed E-state index contributed by atoms with van der Waals surface area (Å²) in [7, 11) is -3.86. The van der Waals surface area contributed by atoms with E-state index in [2.05, 4.69) is 38.0 Å². The smallest absolute Gasteiger partial charge is 0.263 e. The van der Waals surface area contributed by atoms with E-state index in [1.54, 1.807) is 6.92 Å². The number of aromatic nitrogens is 2. The van der Waals surface area contributed by atoms with Crippen molar-refractivity contribution in [3.63, 3.8) is 0 Å². The van der Waals surface area contributed by atoms with Crippen LogP contribution < -0.4 is 10.9 Å². The third-order valence-corrected chi connectivity index (χ3v) is 10.7. The molecule has 0 unspecified atom stereocenters. The van der Waals surface area contributed by atoms with Gasteiger partial charge >= 0.3 is 0 Å². The Morgan fingerprint density at radius 1 is 1.18 bits per heavy atom. The zero-order valence-electron chi connectivity index (χ0n) is 20.7. The number of aryl methyl sites for hydroxylation is 1. The third kappa shape index (κ3) is 4.81. The number of thiophene rings is 1. The van der Waals surface area contributed by atoms with Crippen LogP contribution in [0.5, 0.6) is 0 Å². The lowest BCUT2D eigenvalue weighted by Crippen LogP contribution is -2.45. The first-order valence-electron chi connectivity index (χ1n) is 12.3. The lowest BCUT2D eigenvalue weighted by molar-refractivity contribution is -0.123. The predicted octanol–water partition coefficient (Wildman–Crippen LogP) is 3.37. The monoisotopic (exact) mass is 508 g/mol. The Bertz CT molecular complexity index is 1230. The van der Waals surface area contributed by atoms with Gasteiger partial charge in [0.2, 0.25) is 15.9 Å². The highest BCUT2D eigenvalue weighted by Crippen LogP contribution is 2.35. The van der Waals surface area contributed by atoms with E-state index in [9.17, 15) is 18.0 Å². The van der Waals surface area contributed by atoms with Crippen molar-refractivity contribution in [1.82, 2.24) is 19.2 Å². The molecule has 0 bridgehead atoms. The lowest BCUT2D eigenvalue weighted by atomic mass is 9.78. The van der Waals surface area contributed by atoms with E-state index in [1.807, 2.05) is 0 Å². The Morgan fingerprint density at radius 3 is 2.53 bits per heavy atom. The quantitative estimate of drug-likeness (QED) is 0.667. The Kier molecular flexibility index (Phi) is 7.22. The summed E-state index contributed by atoms with van der Waals surface area (Å²) in [4.78, 5) is 31.6. The van der Waals surface area contributed by atoms with Gasteiger partial charge in [-0.3, -0.25) is 14.2 Å². The highest BCUT2D eigenvalue weighted by molar-refractivity contribution is 7.89. The van der Waals surface area contributed by atoms with Gasteiger partial charge in [-0.15, -0.1) is 11.3 Å². The minimum absolute atomic E-state index is 0.0517. The molecule has 2 aliphatic rings. The largest absolute Gasteiger partial charge is 0.352 e. The molecule has 1 amide bonds. The maximum atomic E-state index is 13.7. The Labute approximate surface area is 205 Å². The highest BCUT2D eigenvalue weighted by Gasteiger charge is 2.36. The van der Waals surface area contributed by atoms with Gasteiger partial charge in [0.1, 0.15) is 16.3 Å². The molecule has 1 aliphatic carbocycles. The maximum Gasteiger partial charge on any atom is 0.263 e. The van der Waals surface area contributed by atoms with Gasteiger partial charge < -0.3 is 5.32 Å². The van der Waals surface area contributed by atoms with Crippen molar-refractivity contribution in [2.45, 2.75) is 77.8 Å². The van der Waals surface area contributed by atoms with Crippen molar-refractivity contribution in [1.29, 1.82) is 0 Å². The van der Waals surface area contributed by atoms with E-state index in [4.69, 9.17) is 0 Å². The van der Waals surface area contributed by atoms with Gasteiger partial charge in [-0.05, 0) is 43.4 Å². The number of hydrogen-bond acceptors (Lipinski definition) is 6. The number of hydrogen-bond donors (Lipinski definition) is 1. The van der Waals surface area contributed by atoms with Crippen LogP contribution in [0.1, 0.15) is 58.3 Å². The lowest BCUT2D eigenvalue weighted by Gasteiger charge is -2.34. The van der Waals surface area contributed by atoms with Crippen LogP contribution in [0.15, 0.2) is 16.0 Å². The Hall–Kier alpha value is -1.78. The van der Waals surface area contributed by atoms with Crippen molar-refractivity contribution in [2.24, 2.45) is 23.7 Å². The summed E-state index contributed by atoms with van der Waals surface area (Å²) in [5, 5.41) is 3.18. The number of nitrogens with one attached hydrogen (secondary N) is 1. The second-order valence-electron chi connectivity index (χ2n) is 10.6. The number of amides is 1. The van der Waals surface area contributed by atoms with Crippen LogP contribution in [-0.4, -0.2) is 47.3 Å². The van der Waals surface area contributed by atoms with E-state index >= 15 is 0 Å². The van der Waals surface area contributed by atoms with E-state index in [0.29, 0.717) is 34.6 Å². The molecule has 2 fully saturated rings. The second-order valence-corrected chi connectivity index (χ2v) is 13.6. The number of carbonyl (C=O) groups is 1. The molecule has 1 aliphatic heterocycles. The fourth-order valence-electron chi connectivity index (χ4n) is 5.66. The summed E-state index contributed by atoms with van der Waals surface area (Å²) in [5.74, 6) is 1.19. The molecule has 2 aromatic rings. The molecule has 0 aromatic carbocycles. The molecule has 1 N–H and O–H groups in total. The zero-order valence-corrected chi connectivity index (χ0v) is 22.3. The average molecular weight is 509 g/mol. The minimum Gasteiger partial charge on any atom is -0.352 e. The SMILES string of the molecule is Cc1sc2ncn(CC(=O)N[C@@H]3CCC[C@H](C)[C@H]3C)c(=O)c2c1S(=O)(=O)N1C[C@H](C)C[C@H](C)C1. The topological polar surface area (TPSA) is 101 Å². The first-order chi connectivity index (χ1) is 16.0. The molecule has 188 valence electrons. The van der Waals surface area contributed by atoms with Gasteiger partial charge in [-0.25, -0.2) is 13.4 Å². The maximum absolute atomic E-state index is 13.7. The summed E-state index contributed by atoms with van der Waals surface area (Å²) in [6, 6.07) is 0.0889. The van der Waals surface area contributed by atoms with Crippen LogP contribution in [-0.2, 0) is 21.4 Å². The molecule has 0 radical (unpaired) electrons. The van der Waals surface area contributed by atoms with Gasteiger partial charge in [0, 0.05) is 24.0 Å². The van der Waals surface area contributed by atoms with Gasteiger partial charge in [-0.1, -0.05) is 40.5 Å². The number of sulfonamides is 1. The average Bonchev–Trinajstić information content (AvgIpc) is 3.10. The van der Waals surface area contributed by atoms with Crippen LogP contribution >= 0.6 is 11.3 Å². The number of piperidine rings is 1. The number of carbonyl (C=O) groups excluding carboxylic acids is 1. The van der Waals surface area contributed by atoms with Crippen LogP contribution in [0.3, 0.4) is 0 Å². The molecule has 0 spiro atoms. The number of fused-ring (bicyclic) bond motifs is 1. The normalized spacial score (nSPS) is 28.8. The van der Waals surface area contributed by atoms with Gasteiger partial charge in [0.25, 0.3) is 5.56 Å². The van der Waals surface area contributed by atoms with Crippen LogP contribution in [0, 0.1) is 30.6 Å². The minimum atomic E-state index is -3.86. The van der Waals surface area contributed by atoms with Crippen molar-refractivity contribution >= 4 is 37.5 Å². The summed E-state index contributed by atoms with van der Waals surface area (Å²) >= 11 is 1.21. The molecular weight excluding hydrogens is 472 g/mol. The van der Waals surface area contributed by atoms with Gasteiger partial charge in [0.15, 0.2) is 0 Å². The molecule has 5 atom stereocenters. The summed E-state index contributed by atoms with van der Waals surface area (Å²) in [5.41, 5.74) is -0.480. The third-order valence-electron chi connectivity index (χ3n) is 7.60. The molecule has 4 rings (SSSR count). The Balaban J connectivity index is 1.64. The first-order valence-corrected chi connectivity index (χ1v) is 14.5. The van der Waals surface area contributed by atoms with E-state index in [1.165, 1.54) is 26.5 Å². The van der Waals surface area contributed by atoms with E-state index in [0.717, 1.165) is 25.7 Å². The number of nitrogens with zero attached hydrogens (tertiary/aromatic N) is 3. The van der Waals surface area contributed by atoms with Crippen LogP contribution in [0.2, 0.25) is 0 Å². The fourth-order valence-corrected chi connectivity index (χ4v) is 9.01. The first kappa shape index (κ1) is 25.3. The molecule has 3 heterocycles. The highest BCUT2D eigenvalue weighted by atomic mass is 32.2. The molecular formula is C24H36N4O4S2. The van der Waals surface area contributed by atoms with Gasteiger partial charge in [0.05, 0.1) is 11.7 Å². The van der Waals surface area contributed by atoms with Crippen molar-refractivity contribution in [3.05, 3.63) is 21.6 Å². The summed E-state index contributed by atoms with van der Waals surface area (Å²) in [6.45, 7) is 10.9. The van der Waals surface area contributed by atoms with Crippen molar-refractivity contribution < 1.29 is 13.2 Å². The van der Waals surface area contributed by atoms with Crippen LogP contribution in [0.4, 0.5) is 0 Å². The molecule has 2 aromatic heterocycles. The van der Waals surface area contributed by atoms with E-state index < -0.39 is 15.6 Å². The van der Waals surface area contributed by atoms with Crippen molar-refractivity contribution in [3.8, 4) is 0 Å². The Morgan fingerprint density at radius 2 is 1.85 bits per heavy atom. The van der Waals surface area contributed by atoms with E-state index in [-0.39, 0.29) is 40.6 Å². The van der Waals surface area contributed by atoms with Crippen molar-refractivity contribution in [2.75, 3.05) is 13.1 Å². The second kappa shape index (κ2) is 9.70. The predicted molar refractivity (Wildman–Crippen MR) is 134 cm³/mol. The summed E-state index contributed by atoms with van der Waals surface area (Å²) < 4.78 is 30.1. The number of rotatable bonds is 5. The zero-order chi connectivity index (χ0) is 24.8. The molecule has 34 heavy (non-hydrogen) atoms. The standard InChI is InChI=1S/C24H36N4O4S2/c1-14-9-15(2)11-28(10-14)34(31,32)22-18(5)33-23-21(22)24(30)27(13-25-23)12-20(29)26-19-8-6-7-16(3)17(19)4/h13-17,19H,6-12H2,1-5H3,(H,26,29)/t14-,15+,16-,17+,19+/m0/s1.